The van der Waals surface area contributed by atoms with Gasteiger partial charge >= 0.3 is 5.97 Å². The number of hydrogen-bond acceptors (Lipinski definition) is 7. The highest BCUT2D eigenvalue weighted by Gasteiger charge is 2.11. The maximum atomic E-state index is 11.8. The molecule has 7 heteroatoms. The molecule has 0 radical (unpaired) electrons. The van der Waals surface area contributed by atoms with Gasteiger partial charge in [0, 0.05) is 28.8 Å². The lowest BCUT2D eigenvalue weighted by atomic mass is 10.2. The van der Waals surface area contributed by atoms with E-state index in [2.05, 4.69) is 15.2 Å². The third-order valence-corrected chi connectivity index (χ3v) is 4.25. The first-order valence-electron chi connectivity index (χ1n) is 8.14. The second kappa shape index (κ2) is 8.53. The lowest BCUT2D eigenvalue weighted by Crippen LogP contribution is -2.08. The molecule has 3 aromatic heterocycles. The van der Waals surface area contributed by atoms with Crippen LogP contribution in [0.1, 0.15) is 30.1 Å². The molecule has 0 aliphatic rings. The van der Waals surface area contributed by atoms with Gasteiger partial charge in [-0.1, -0.05) is 6.07 Å². The van der Waals surface area contributed by atoms with Gasteiger partial charge in [-0.3, -0.25) is 9.78 Å². The molecule has 0 atom stereocenters. The lowest BCUT2D eigenvalue weighted by molar-refractivity contribution is -0.143. The minimum atomic E-state index is -0.257. The van der Waals surface area contributed by atoms with Crippen LogP contribution in [0.4, 0.5) is 0 Å². The molecule has 3 aromatic rings. The maximum Gasteiger partial charge on any atom is 0.306 e. The number of aryl methyl sites for hydroxylation is 3. The third kappa shape index (κ3) is 5.22. The molecule has 0 N–H and O–H groups in total. The Hall–Kier alpha value is -2.54. The molecule has 3 heterocycles. The van der Waals surface area contributed by atoms with E-state index in [1.807, 2.05) is 41.9 Å². The predicted octanol–water partition coefficient (Wildman–Crippen LogP) is 3.61. The first kappa shape index (κ1) is 17.3. The number of carbonyl (C=O) groups is 1. The minimum absolute atomic E-state index is 0.230. The summed E-state index contributed by atoms with van der Waals surface area (Å²) in [5.74, 6) is 0.671. The molecule has 0 amide bonds. The maximum absolute atomic E-state index is 11.8. The normalized spacial score (nSPS) is 10.8. The summed E-state index contributed by atoms with van der Waals surface area (Å²) in [7, 11) is 0. The van der Waals surface area contributed by atoms with Gasteiger partial charge in [-0.2, -0.15) is 11.3 Å². The molecule has 0 saturated carbocycles. The monoisotopic (exact) mass is 357 g/mol. The van der Waals surface area contributed by atoms with E-state index in [4.69, 9.17) is 9.15 Å². The second-order valence-electron chi connectivity index (χ2n) is 5.61. The number of ether oxygens (including phenoxy) is 1. The summed E-state index contributed by atoms with van der Waals surface area (Å²) in [6, 6.07) is 7.85. The smallest absolute Gasteiger partial charge is 0.306 e. The Balaban J connectivity index is 1.35. The Labute approximate surface area is 149 Å². The Morgan fingerprint density at radius 2 is 2.16 bits per heavy atom. The molecule has 0 fully saturated rings. The van der Waals surface area contributed by atoms with Crippen LogP contribution in [0.25, 0.3) is 11.5 Å². The van der Waals surface area contributed by atoms with E-state index < -0.39 is 0 Å². The second-order valence-corrected chi connectivity index (χ2v) is 6.39. The van der Waals surface area contributed by atoms with E-state index in [1.165, 1.54) is 0 Å². The van der Waals surface area contributed by atoms with Crippen LogP contribution >= 0.6 is 11.3 Å². The van der Waals surface area contributed by atoms with Gasteiger partial charge in [-0.05, 0) is 43.3 Å². The molecule has 130 valence electrons. The van der Waals surface area contributed by atoms with Crippen molar-refractivity contribution in [2.75, 3.05) is 6.61 Å². The van der Waals surface area contributed by atoms with Crippen molar-refractivity contribution in [3.63, 3.8) is 0 Å². The fourth-order valence-electron chi connectivity index (χ4n) is 2.32. The van der Waals surface area contributed by atoms with Crippen LogP contribution in [-0.4, -0.2) is 27.8 Å². The molecule has 0 unspecified atom stereocenters. The van der Waals surface area contributed by atoms with Crippen LogP contribution in [0.2, 0.25) is 0 Å². The summed E-state index contributed by atoms with van der Waals surface area (Å²) in [4.78, 5) is 16.2. The van der Waals surface area contributed by atoms with Crippen molar-refractivity contribution >= 4 is 17.3 Å². The summed E-state index contributed by atoms with van der Waals surface area (Å²) in [5, 5.41) is 11.8. The highest BCUT2D eigenvalue weighted by Crippen LogP contribution is 2.20. The molecule has 0 bridgehead atoms. The van der Waals surface area contributed by atoms with Gasteiger partial charge in [-0.15, -0.1) is 10.2 Å². The van der Waals surface area contributed by atoms with E-state index in [9.17, 15) is 4.79 Å². The van der Waals surface area contributed by atoms with Crippen LogP contribution < -0.4 is 0 Å². The largest absolute Gasteiger partial charge is 0.466 e. The third-order valence-electron chi connectivity index (χ3n) is 3.56. The Kier molecular flexibility index (Phi) is 5.90. The van der Waals surface area contributed by atoms with E-state index in [0.29, 0.717) is 24.8 Å². The molecule has 6 nitrogen and oxygen atoms in total. The molecule has 0 spiro atoms. The number of hydrogen-bond donors (Lipinski definition) is 0. The molecule has 0 aromatic carbocycles. The zero-order valence-electron chi connectivity index (χ0n) is 14.0. The van der Waals surface area contributed by atoms with E-state index in [0.717, 1.165) is 29.8 Å². The first-order valence-corrected chi connectivity index (χ1v) is 9.08. The summed E-state index contributed by atoms with van der Waals surface area (Å²) < 4.78 is 10.8. The first-order chi connectivity index (χ1) is 12.2. The highest BCUT2D eigenvalue weighted by atomic mass is 32.1. The van der Waals surface area contributed by atoms with Gasteiger partial charge in [0.25, 0.3) is 0 Å². The molecule has 25 heavy (non-hydrogen) atoms. The van der Waals surface area contributed by atoms with Gasteiger partial charge in [0.1, 0.15) is 0 Å². The Morgan fingerprint density at radius 1 is 1.24 bits per heavy atom. The number of pyridine rings is 1. The van der Waals surface area contributed by atoms with Crippen LogP contribution in [-0.2, 0) is 22.4 Å². The number of thiophene rings is 1. The topological polar surface area (TPSA) is 78.1 Å². The van der Waals surface area contributed by atoms with Crippen LogP contribution in [0.15, 0.2) is 39.4 Å². The SMILES string of the molecule is Cc1cccc(CCCOC(=O)CCc2nnc(-c3ccsc3)o2)n1. The van der Waals surface area contributed by atoms with Crippen molar-refractivity contribution in [3.05, 3.63) is 52.3 Å². The van der Waals surface area contributed by atoms with Crippen molar-refractivity contribution < 1.29 is 13.9 Å². The summed E-state index contributed by atoms with van der Waals surface area (Å²) in [5.41, 5.74) is 2.91. The summed E-state index contributed by atoms with van der Waals surface area (Å²) in [6.07, 6.45) is 2.16. The Morgan fingerprint density at radius 3 is 2.96 bits per heavy atom. The zero-order valence-corrected chi connectivity index (χ0v) is 14.8. The molecule has 0 aliphatic heterocycles. The standard InChI is InChI=1S/C18H19N3O3S/c1-13-4-2-5-15(19-13)6-3-10-23-17(22)8-7-16-20-21-18(24-16)14-9-11-25-12-14/h2,4-5,9,11-12H,3,6-8,10H2,1H3. The van der Waals surface area contributed by atoms with Crippen molar-refractivity contribution in [1.82, 2.24) is 15.2 Å². The van der Waals surface area contributed by atoms with Gasteiger partial charge in [0.05, 0.1) is 13.0 Å². The van der Waals surface area contributed by atoms with Gasteiger partial charge in [0.2, 0.25) is 11.8 Å². The van der Waals surface area contributed by atoms with Crippen molar-refractivity contribution in [2.24, 2.45) is 0 Å². The minimum Gasteiger partial charge on any atom is -0.466 e. The number of rotatable bonds is 8. The molecule has 0 aliphatic carbocycles. The van der Waals surface area contributed by atoms with Gasteiger partial charge in [-0.25, -0.2) is 0 Å². The number of esters is 1. The van der Waals surface area contributed by atoms with E-state index >= 15 is 0 Å². The average Bonchev–Trinajstić information content (AvgIpc) is 3.28. The van der Waals surface area contributed by atoms with Gasteiger partial charge < -0.3 is 9.15 Å². The number of nitrogens with zero attached hydrogens (tertiary/aromatic N) is 3. The van der Waals surface area contributed by atoms with Crippen molar-refractivity contribution in [1.29, 1.82) is 0 Å². The van der Waals surface area contributed by atoms with Gasteiger partial charge in [0.15, 0.2) is 0 Å². The van der Waals surface area contributed by atoms with Crippen LogP contribution in [0.5, 0.6) is 0 Å². The average molecular weight is 357 g/mol. The van der Waals surface area contributed by atoms with E-state index in [1.54, 1.807) is 11.3 Å². The zero-order chi connectivity index (χ0) is 17.5. The molecule has 3 rings (SSSR count). The van der Waals surface area contributed by atoms with Crippen molar-refractivity contribution in [2.45, 2.75) is 32.6 Å². The fraction of sp³-hybridized carbons (Fsp3) is 0.333. The fourth-order valence-corrected chi connectivity index (χ4v) is 2.95. The van der Waals surface area contributed by atoms with Crippen LogP contribution in [0, 0.1) is 6.92 Å². The molecule has 0 saturated heterocycles. The predicted molar refractivity (Wildman–Crippen MR) is 94.2 cm³/mol. The number of aromatic nitrogens is 3. The van der Waals surface area contributed by atoms with E-state index in [-0.39, 0.29) is 12.4 Å². The lowest BCUT2D eigenvalue weighted by Gasteiger charge is -2.04. The Bertz CT molecular complexity index is 815. The number of carbonyl (C=O) groups excluding carboxylic acids is 1. The summed E-state index contributed by atoms with van der Waals surface area (Å²) >= 11 is 1.57. The molecular formula is C18H19N3O3S. The quantitative estimate of drug-likeness (QED) is 0.453. The highest BCUT2D eigenvalue weighted by molar-refractivity contribution is 7.08. The summed E-state index contributed by atoms with van der Waals surface area (Å²) in [6.45, 7) is 2.35. The van der Waals surface area contributed by atoms with Crippen molar-refractivity contribution in [3.8, 4) is 11.5 Å². The molecular weight excluding hydrogens is 338 g/mol. The van der Waals surface area contributed by atoms with Crippen LogP contribution in [0.3, 0.4) is 0 Å².